The van der Waals surface area contributed by atoms with Crippen molar-refractivity contribution < 1.29 is 26.7 Å². The summed E-state index contributed by atoms with van der Waals surface area (Å²) in [6.45, 7) is 0.988. The third kappa shape index (κ3) is 5.46. The molecule has 0 spiro atoms. The predicted octanol–water partition coefficient (Wildman–Crippen LogP) is 3.85. The zero-order valence-electron chi connectivity index (χ0n) is 19.6. The molecule has 194 valence electrons. The summed E-state index contributed by atoms with van der Waals surface area (Å²) >= 11 is 7.72. The molecule has 1 fully saturated rings. The standard InChI is InChI=1S/C23H25ClF2N4O4S2/c1-3-34-23(31)18-19(13-6-8-30(36(2,32)33)15(10-13)12-25)28-21(22-27-7-9-35-22)29-20(18)16-5-4-14(26)11-17(16)24/h4-5,7,9,11,13,15,20H,3,6,8,10,12H2,1-2H3,(H,28,29). The molecule has 0 saturated carbocycles. The SMILES string of the molecule is CCOC(=O)C1=C(C2CCN(S(C)(=O)=O)C(CF)C2)NC(c2nccs2)=NC1c1ccc(F)cc1Cl. The molecule has 13 heteroatoms. The van der Waals surface area contributed by atoms with Crippen molar-refractivity contribution in [3.05, 3.63) is 62.5 Å². The largest absolute Gasteiger partial charge is 0.463 e. The number of halogens is 3. The van der Waals surface area contributed by atoms with Gasteiger partial charge < -0.3 is 10.1 Å². The van der Waals surface area contributed by atoms with Gasteiger partial charge in [-0.05, 0) is 31.9 Å². The van der Waals surface area contributed by atoms with Crippen LogP contribution < -0.4 is 5.32 Å². The number of amidine groups is 1. The maximum atomic E-state index is 14.0. The highest BCUT2D eigenvalue weighted by Crippen LogP contribution is 2.41. The number of aliphatic imine (C=N–C) groups is 1. The Morgan fingerprint density at radius 2 is 2.17 bits per heavy atom. The van der Waals surface area contributed by atoms with Crippen LogP contribution in [0.1, 0.15) is 36.4 Å². The number of allylic oxidation sites excluding steroid dienone is 1. The monoisotopic (exact) mass is 558 g/mol. The van der Waals surface area contributed by atoms with Crippen LogP contribution in [0.2, 0.25) is 5.02 Å². The molecule has 1 N–H and O–H groups in total. The Bertz CT molecular complexity index is 1300. The van der Waals surface area contributed by atoms with Crippen LogP contribution in [-0.2, 0) is 19.6 Å². The van der Waals surface area contributed by atoms with E-state index in [4.69, 9.17) is 21.3 Å². The first kappa shape index (κ1) is 26.6. The van der Waals surface area contributed by atoms with Crippen molar-refractivity contribution in [2.24, 2.45) is 10.9 Å². The van der Waals surface area contributed by atoms with Gasteiger partial charge in [0.05, 0.1) is 24.5 Å². The van der Waals surface area contributed by atoms with Crippen molar-refractivity contribution in [1.29, 1.82) is 0 Å². The Morgan fingerprint density at radius 1 is 1.39 bits per heavy atom. The van der Waals surface area contributed by atoms with Gasteiger partial charge in [0, 0.05) is 40.3 Å². The normalized spacial score (nSPS) is 23.2. The number of ether oxygens (including phenoxy) is 1. The number of thiazole rings is 1. The molecule has 36 heavy (non-hydrogen) atoms. The van der Waals surface area contributed by atoms with Crippen molar-refractivity contribution in [3.8, 4) is 0 Å². The molecule has 0 bridgehead atoms. The maximum absolute atomic E-state index is 14.0. The Balaban J connectivity index is 1.85. The number of alkyl halides is 1. The summed E-state index contributed by atoms with van der Waals surface area (Å²) in [5.74, 6) is -1.21. The molecule has 4 rings (SSSR count). The van der Waals surface area contributed by atoms with Gasteiger partial charge in [0.15, 0.2) is 10.8 Å². The van der Waals surface area contributed by atoms with Crippen LogP contribution in [0.25, 0.3) is 0 Å². The first-order valence-corrected chi connectivity index (χ1v) is 14.4. The second kappa shape index (κ2) is 10.9. The van der Waals surface area contributed by atoms with E-state index in [1.54, 1.807) is 18.5 Å². The third-order valence-corrected chi connectivity index (χ3v) is 8.58. The van der Waals surface area contributed by atoms with Crippen molar-refractivity contribution >= 4 is 44.8 Å². The summed E-state index contributed by atoms with van der Waals surface area (Å²) < 4.78 is 58.7. The first-order valence-electron chi connectivity index (χ1n) is 11.3. The van der Waals surface area contributed by atoms with E-state index in [1.165, 1.54) is 23.5 Å². The van der Waals surface area contributed by atoms with Crippen LogP contribution in [0.3, 0.4) is 0 Å². The topological polar surface area (TPSA) is 101 Å². The quantitative estimate of drug-likeness (QED) is 0.518. The third-order valence-electron chi connectivity index (χ3n) is 6.14. The van der Waals surface area contributed by atoms with Crippen LogP contribution in [0.4, 0.5) is 8.78 Å². The molecule has 1 aromatic carbocycles. The minimum absolute atomic E-state index is 0.0822. The number of nitrogens with one attached hydrogen (secondary N) is 1. The van der Waals surface area contributed by atoms with E-state index >= 15 is 0 Å². The second-order valence-corrected chi connectivity index (χ2v) is 11.7. The van der Waals surface area contributed by atoms with Crippen LogP contribution in [0.15, 0.2) is 46.0 Å². The zero-order valence-corrected chi connectivity index (χ0v) is 22.0. The van der Waals surface area contributed by atoms with E-state index in [0.29, 0.717) is 28.5 Å². The molecule has 3 heterocycles. The van der Waals surface area contributed by atoms with Gasteiger partial charge in [-0.3, -0.25) is 4.99 Å². The van der Waals surface area contributed by atoms with Gasteiger partial charge >= 0.3 is 5.97 Å². The van der Waals surface area contributed by atoms with Crippen molar-refractivity contribution in [3.63, 3.8) is 0 Å². The van der Waals surface area contributed by atoms with E-state index in [9.17, 15) is 22.0 Å². The zero-order chi connectivity index (χ0) is 26.0. The Kier molecular flexibility index (Phi) is 8.08. The van der Waals surface area contributed by atoms with E-state index in [1.807, 2.05) is 0 Å². The number of carbonyl (C=O) groups is 1. The molecular weight excluding hydrogens is 534 g/mol. The van der Waals surface area contributed by atoms with Crippen LogP contribution in [-0.4, -0.2) is 61.6 Å². The molecule has 3 unspecified atom stereocenters. The summed E-state index contributed by atoms with van der Waals surface area (Å²) in [4.78, 5) is 22.3. The van der Waals surface area contributed by atoms with Crippen molar-refractivity contribution in [2.75, 3.05) is 26.1 Å². The molecule has 2 aromatic rings. The molecule has 2 aliphatic heterocycles. The molecule has 1 saturated heterocycles. The first-order chi connectivity index (χ1) is 17.1. The highest BCUT2D eigenvalue weighted by atomic mass is 35.5. The Labute approximate surface area is 217 Å². The number of rotatable bonds is 7. The molecule has 1 aromatic heterocycles. The summed E-state index contributed by atoms with van der Waals surface area (Å²) in [5.41, 5.74) is 1.01. The number of sulfonamides is 1. The fourth-order valence-corrected chi connectivity index (χ4v) is 6.57. The molecule has 0 aliphatic carbocycles. The highest BCUT2D eigenvalue weighted by Gasteiger charge is 2.41. The van der Waals surface area contributed by atoms with Gasteiger partial charge in [0.1, 0.15) is 18.5 Å². The summed E-state index contributed by atoms with van der Waals surface area (Å²) in [7, 11) is -3.61. The lowest BCUT2D eigenvalue weighted by molar-refractivity contribution is -0.139. The molecule has 3 atom stereocenters. The number of nitrogens with zero attached hydrogens (tertiary/aromatic N) is 3. The van der Waals surface area contributed by atoms with Crippen molar-refractivity contribution in [2.45, 2.75) is 31.8 Å². The lowest BCUT2D eigenvalue weighted by atomic mass is 9.84. The van der Waals surface area contributed by atoms with Crippen LogP contribution in [0.5, 0.6) is 0 Å². The fourth-order valence-electron chi connectivity index (χ4n) is 4.59. The van der Waals surface area contributed by atoms with Gasteiger partial charge in [-0.25, -0.2) is 27.0 Å². The number of aromatic nitrogens is 1. The molecule has 0 amide bonds. The van der Waals surface area contributed by atoms with Gasteiger partial charge in [-0.1, -0.05) is 17.7 Å². The van der Waals surface area contributed by atoms with E-state index in [0.717, 1.165) is 16.6 Å². The van der Waals surface area contributed by atoms with Gasteiger partial charge in [0.25, 0.3) is 0 Å². The van der Waals surface area contributed by atoms with Gasteiger partial charge in [-0.15, -0.1) is 11.3 Å². The van der Waals surface area contributed by atoms with E-state index in [2.05, 4.69) is 10.3 Å². The lowest BCUT2D eigenvalue weighted by Gasteiger charge is -2.39. The summed E-state index contributed by atoms with van der Waals surface area (Å²) in [6.07, 6.45) is 3.14. The predicted molar refractivity (Wildman–Crippen MR) is 134 cm³/mol. The van der Waals surface area contributed by atoms with Gasteiger partial charge in [-0.2, -0.15) is 4.31 Å². The lowest BCUT2D eigenvalue weighted by Crippen LogP contribution is -2.49. The maximum Gasteiger partial charge on any atom is 0.338 e. The van der Waals surface area contributed by atoms with Crippen LogP contribution >= 0.6 is 22.9 Å². The highest BCUT2D eigenvalue weighted by molar-refractivity contribution is 7.88. The number of benzene rings is 1. The number of hydrogen-bond acceptors (Lipinski definition) is 8. The minimum atomic E-state index is -3.61. The Hall–Kier alpha value is -2.41. The average molecular weight is 559 g/mol. The number of esters is 1. The summed E-state index contributed by atoms with van der Waals surface area (Å²) in [6, 6.07) is 2.01. The summed E-state index contributed by atoms with van der Waals surface area (Å²) in [5, 5.41) is 5.62. The fraction of sp³-hybridized carbons (Fsp3) is 0.435. The average Bonchev–Trinajstić information content (AvgIpc) is 3.37. The molecular formula is C23H25ClF2N4O4S2. The van der Waals surface area contributed by atoms with Gasteiger partial charge in [0.2, 0.25) is 10.0 Å². The number of piperidine rings is 1. The molecule has 8 nitrogen and oxygen atoms in total. The number of carbonyl (C=O) groups excluding carboxylic acids is 1. The molecule has 0 radical (unpaired) electrons. The molecule has 2 aliphatic rings. The Morgan fingerprint density at radius 3 is 2.78 bits per heavy atom. The van der Waals surface area contributed by atoms with E-state index in [-0.39, 0.29) is 30.2 Å². The van der Waals surface area contributed by atoms with Crippen LogP contribution in [0, 0.1) is 11.7 Å². The minimum Gasteiger partial charge on any atom is -0.463 e. The second-order valence-electron chi connectivity index (χ2n) is 8.46. The van der Waals surface area contributed by atoms with E-state index < -0.39 is 46.5 Å². The number of hydrogen-bond donors (Lipinski definition) is 1. The van der Waals surface area contributed by atoms with Crippen molar-refractivity contribution in [1.82, 2.24) is 14.6 Å². The smallest absolute Gasteiger partial charge is 0.338 e.